The number of pyridine rings is 1. The molecule has 0 aliphatic carbocycles. The van der Waals surface area contributed by atoms with E-state index < -0.39 is 5.82 Å². The Morgan fingerprint density at radius 1 is 1.15 bits per heavy atom. The van der Waals surface area contributed by atoms with Gasteiger partial charge in [0, 0.05) is 11.4 Å². The van der Waals surface area contributed by atoms with Crippen molar-refractivity contribution >= 4 is 28.1 Å². The summed E-state index contributed by atoms with van der Waals surface area (Å²) in [7, 11) is 0. The number of para-hydroxylation sites is 1. The minimum absolute atomic E-state index is 0.157. The van der Waals surface area contributed by atoms with Crippen LogP contribution in [0.1, 0.15) is 37.6 Å². The molecular weight excluding hydrogens is 419 g/mol. The summed E-state index contributed by atoms with van der Waals surface area (Å²) in [6.45, 7) is 7.61. The van der Waals surface area contributed by atoms with Gasteiger partial charge in [-0.3, -0.25) is 9.36 Å². The number of hydrogen-bond acceptors (Lipinski definition) is 6. The van der Waals surface area contributed by atoms with E-state index in [2.05, 4.69) is 15.3 Å². The molecule has 33 heavy (non-hydrogen) atoms. The van der Waals surface area contributed by atoms with Crippen LogP contribution in [0.15, 0.2) is 59.7 Å². The smallest absolute Gasteiger partial charge is 0.263 e. The second kappa shape index (κ2) is 10.0. The van der Waals surface area contributed by atoms with E-state index in [0.29, 0.717) is 22.5 Å². The number of aryl methyl sites for hydroxylation is 1. The number of aromatic nitrogens is 3. The zero-order chi connectivity index (χ0) is 24.1. The quantitative estimate of drug-likeness (QED) is 0.380. The van der Waals surface area contributed by atoms with Gasteiger partial charge in [-0.05, 0) is 43.0 Å². The van der Waals surface area contributed by atoms with E-state index in [1.165, 1.54) is 17.0 Å². The summed E-state index contributed by atoms with van der Waals surface area (Å²) in [6.07, 6.45) is 1.30. The number of nitrogens with zero attached hydrogens (tertiary/aromatic N) is 3. The second-order valence-corrected chi connectivity index (χ2v) is 7.23. The van der Waals surface area contributed by atoms with Crippen molar-refractivity contribution in [3.63, 3.8) is 0 Å². The molecule has 0 atom stereocenters. The Morgan fingerprint density at radius 2 is 1.88 bits per heavy atom. The van der Waals surface area contributed by atoms with Crippen LogP contribution in [0.4, 0.5) is 16.0 Å². The first-order valence-corrected chi connectivity index (χ1v) is 10.7. The van der Waals surface area contributed by atoms with Crippen molar-refractivity contribution in [1.29, 1.82) is 5.41 Å². The van der Waals surface area contributed by atoms with Crippen LogP contribution in [0.5, 0.6) is 0 Å². The third-order valence-corrected chi connectivity index (χ3v) is 5.11. The van der Waals surface area contributed by atoms with E-state index in [9.17, 15) is 9.18 Å². The van der Waals surface area contributed by atoms with Crippen LogP contribution in [0, 0.1) is 18.2 Å². The Labute approximate surface area is 191 Å². The summed E-state index contributed by atoms with van der Waals surface area (Å²) in [5.41, 5.74) is 7.73. The van der Waals surface area contributed by atoms with Crippen molar-refractivity contribution in [3.05, 3.63) is 87.9 Å². The molecule has 4 rings (SSSR count). The van der Waals surface area contributed by atoms with Crippen molar-refractivity contribution in [2.45, 2.75) is 34.2 Å². The summed E-state index contributed by atoms with van der Waals surface area (Å²) in [5.74, 6) is 0.0589. The van der Waals surface area contributed by atoms with Crippen LogP contribution in [-0.4, -0.2) is 20.2 Å². The van der Waals surface area contributed by atoms with Gasteiger partial charge in [0.1, 0.15) is 23.8 Å². The zero-order valence-electron chi connectivity index (χ0n) is 19.1. The van der Waals surface area contributed by atoms with Gasteiger partial charge in [0.05, 0.1) is 23.2 Å². The molecule has 2 aromatic heterocycles. The summed E-state index contributed by atoms with van der Waals surface area (Å²) in [5, 5.41) is 12.4. The first-order chi connectivity index (χ1) is 15.9. The van der Waals surface area contributed by atoms with Gasteiger partial charge in [0.2, 0.25) is 0 Å². The molecule has 0 fully saturated rings. The van der Waals surface area contributed by atoms with Gasteiger partial charge in [0.25, 0.3) is 5.56 Å². The van der Waals surface area contributed by atoms with E-state index in [1.807, 2.05) is 45.0 Å². The molecule has 0 bridgehead atoms. The van der Waals surface area contributed by atoms with Crippen molar-refractivity contribution in [2.75, 3.05) is 11.1 Å². The lowest BCUT2D eigenvalue weighted by molar-refractivity contribution is 0.614. The van der Waals surface area contributed by atoms with Crippen LogP contribution in [0.3, 0.4) is 0 Å². The average molecular weight is 447 g/mol. The van der Waals surface area contributed by atoms with E-state index in [0.717, 1.165) is 10.9 Å². The molecule has 0 spiro atoms. The highest BCUT2D eigenvalue weighted by Crippen LogP contribution is 2.23. The number of nitrogens with one attached hydrogen (secondary N) is 2. The Hall–Kier alpha value is -4.07. The highest BCUT2D eigenvalue weighted by molar-refractivity contribution is 6.04. The van der Waals surface area contributed by atoms with Crippen molar-refractivity contribution in [2.24, 2.45) is 0 Å². The molecule has 0 saturated heterocycles. The Bertz CT molecular complexity index is 1380. The molecule has 0 aliphatic rings. The third kappa shape index (κ3) is 4.59. The highest BCUT2D eigenvalue weighted by atomic mass is 19.1. The lowest BCUT2D eigenvalue weighted by Gasteiger charge is -2.18. The van der Waals surface area contributed by atoms with Gasteiger partial charge in [-0.2, -0.15) is 0 Å². The highest BCUT2D eigenvalue weighted by Gasteiger charge is 2.17. The number of anilines is 2. The summed E-state index contributed by atoms with van der Waals surface area (Å²) >= 11 is 0. The molecule has 8 heteroatoms. The van der Waals surface area contributed by atoms with E-state index >= 15 is 0 Å². The average Bonchev–Trinajstić information content (AvgIpc) is 2.79. The number of fused-ring (bicyclic) bond motifs is 1. The minimum atomic E-state index is -0.499. The fraction of sp³-hybridized carbons (Fsp3) is 0.200. The Kier molecular flexibility index (Phi) is 7.17. The number of rotatable bonds is 5. The van der Waals surface area contributed by atoms with Crippen molar-refractivity contribution in [3.8, 4) is 5.69 Å². The zero-order valence-corrected chi connectivity index (χ0v) is 19.1. The van der Waals surface area contributed by atoms with E-state index in [4.69, 9.17) is 11.1 Å². The van der Waals surface area contributed by atoms with E-state index in [-0.39, 0.29) is 29.3 Å². The molecule has 0 amide bonds. The first-order valence-electron chi connectivity index (χ1n) is 10.7. The molecule has 4 aromatic rings. The number of benzene rings is 2. The van der Waals surface area contributed by atoms with Crippen LogP contribution in [0.2, 0.25) is 0 Å². The van der Waals surface area contributed by atoms with Crippen LogP contribution >= 0.6 is 0 Å². The predicted molar refractivity (Wildman–Crippen MR) is 132 cm³/mol. The van der Waals surface area contributed by atoms with E-state index in [1.54, 1.807) is 25.1 Å². The molecule has 0 unspecified atom stereocenters. The maximum atomic E-state index is 14.7. The molecule has 170 valence electrons. The molecule has 2 heterocycles. The van der Waals surface area contributed by atoms with Gasteiger partial charge in [-0.1, -0.05) is 44.2 Å². The summed E-state index contributed by atoms with van der Waals surface area (Å²) < 4.78 is 16.1. The van der Waals surface area contributed by atoms with Crippen molar-refractivity contribution < 1.29 is 4.39 Å². The molecule has 2 aromatic carbocycles. The lowest BCUT2D eigenvalue weighted by atomic mass is 10.1. The number of halogens is 1. The summed E-state index contributed by atoms with van der Waals surface area (Å²) in [4.78, 5) is 21.6. The van der Waals surface area contributed by atoms with Gasteiger partial charge in [-0.15, -0.1) is 0 Å². The normalized spacial score (nSPS) is 10.5. The standard InChI is InChI=1S/C23H21FN6O.C2H6/c1-13-6-5-7-15-10-16(11-27-22-20(14(2)25)21(26)28-12-29-22)30(23(31)19(13)15)18-9-4-3-8-17(18)24;1-2/h3-10,12,25H,11H2,1-2H3,(H3,26,27,28,29);1-2H3. The van der Waals surface area contributed by atoms with Crippen molar-refractivity contribution in [1.82, 2.24) is 14.5 Å². The van der Waals surface area contributed by atoms with Gasteiger partial charge in [0.15, 0.2) is 0 Å². The number of nitrogen functional groups attached to an aromatic ring is 1. The molecule has 7 nitrogen and oxygen atoms in total. The van der Waals surface area contributed by atoms with Crippen LogP contribution in [-0.2, 0) is 6.54 Å². The fourth-order valence-corrected chi connectivity index (χ4v) is 3.69. The molecular formula is C25H27FN6O. The maximum Gasteiger partial charge on any atom is 0.263 e. The van der Waals surface area contributed by atoms with Gasteiger partial charge < -0.3 is 16.5 Å². The number of hydrogen-bond donors (Lipinski definition) is 3. The number of nitrogens with two attached hydrogens (primary N) is 1. The Morgan fingerprint density at radius 3 is 2.58 bits per heavy atom. The van der Waals surface area contributed by atoms with Gasteiger partial charge >= 0.3 is 0 Å². The van der Waals surface area contributed by atoms with Gasteiger partial charge in [-0.25, -0.2) is 14.4 Å². The Balaban J connectivity index is 0.00000149. The lowest BCUT2D eigenvalue weighted by Crippen LogP contribution is -2.25. The topological polar surface area (TPSA) is 110 Å². The largest absolute Gasteiger partial charge is 0.383 e. The SMILES string of the molecule is CC.CC(=N)c1c(N)ncnc1NCc1cc2cccc(C)c2c(=O)n1-c1ccccc1F. The monoisotopic (exact) mass is 446 g/mol. The molecule has 0 saturated carbocycles. The second-order valence-electron chi connectivity index (χ2n) is 7.23. The molecule has 0 radical (unpaired) electrons. The predicted octanol–water partition coefficient (Wildman–Crippen LogP) is 4.84. The first kappa shape index (κ1) is 23.6. The van der Waals surface area contributed by atoms with Crippen LogP contribution in [0.25, 0.3) is 16.5 Å². The summed E-state index contributed by atoms with van der Waals surface area (Å²) in [6, 6.07) is 13.6. The fourth-order valence-electron chi connectivity index (χ4n) is 3.69. The molecule has 0 aliphatic heterocycles. The van der Waals surface area contributed by atoms with Crippen LogP contribution < -0.4 is 16.6 Å². The molecule has 4 N–H and O–H groups in total. The third-order valence-electron chi connectivity index (χ3n) is 5.11. The maximum absolute atomic E-state index is 14.7. The minimum Gasteiger partial charge on any atom is -0.383 e.